The Kier molecular flexibility index (Phi) is 5.14. The molecule has 0 saturated carbocycles. The number of para-hydroxylation sites is 1. The Morgan fingerprint density at radius 3 is 2.62 bits per heavy atom. The van der Waals surface area contributed by atoms with E-state index in [1.165, 1.54) is 11.3 Å². The first-order chi connectivity index (χ1) is 16.3. The van der Waals surface area contributed by atoms with Crippen LogP contribution in [0.15, 0.2) is 42.5 Å². The summed E-state index contributed by atoms with van der Waals surface area (Å²) in [6.45, 7) is 6.91. The molecule has 0 aliphatic heterocycles. The molecule has 0 spiro atoms. The van der Waals surface area contributed by atoms with E-state index in [4.69, 9.17) is 11.5 Å². The molecule has 0 aliphatic carbocycles. The molecule has 8 heteroatoms. The molecule has 3 heterocycles. The molecule has 0 aliphatic rings. The molecule has 3 aromatic heterocycles. The summed E-state index contributed by atoms with van der Waals surface area (Å²) in [4.78, 5) is 18.6. The van der Waals surface area contributed by atoms with Gasteiger partial charge in [0.2, 0.25) is 0 Å². The van der Waals surface area contributed by atoms with Gasteiger partial charge in [0.1, 0.15) is 21.6 Å². The Balaban J connectivity index is 1.59. The van der Waals surface area contributed by atoms with Crippen LogP contribution in [0, 0.1) is 11.3 Å². The molecule has 0 bridgehead atoms. The third kappa shape index (κ3) is 3.17. The number of rotatable bonds is 4. The van der Waals surface area contributed by atoms with Crippen LogP contribution in [0.2, 0.25) is 0 Å². The molecule has 0 saturated heterocycles. The van der Waals surface area contributed by atoms with Crippen molar-refractivity contribution in [2.75, 3.05) is 16.8 Å². The topological polar surface area (TPSA) is 123 Å². The fraction of sp³-hybridized carbons (Fsp3) is 0.192. The highest BCUT2D eigenvalue weighted by Gasteiger charge is 2.25. The van der Waals surface area contributed by atoms with Crippen LogP contribution in [0.25, 0.3) is 32.0 Å². The largest absolute Gasteiger partial charge is 0.397 e. The second-order valence-electron chi connectivity index (χ2n) is 8.52. The van der Waals surface area contributed by atoms with Gasteiger partial charge in [-0.2, -0.15) is 5.26 Å². The van der Waals surface area contributed by atoms with E-state index in [1.54, 1.807) is 0 Å². The van der Waals surface area contributed by atoms with Gasteiger partial charge in [0, 0.05) is 39.4 Å². The number of nitrogens with one attached hydrogen (secondary N) is 1. The maximum atomic E-state index is 13.3. The van der Waals surface area contributed by atoms with Gasteiger partial charge in [-0.05, 0) is 42.7 Å². The number of benzene rings is 2. The fourth-order valence-electron chi connectivity index (χ4n) is 4.72. The van der Waals surface area contributed by atoms with Gasteiger partial charge in [0.05, 0.1) is 11.3 Å². The minimum absolute atomic E-state index is 0.00597. The number of fused-ring (bicyclic) bond motifs is 4. The Morgan fingerprint density at radius 2 is 1.91 bits per heavy atom. The summed E-state index contributed by atoms with van der Waals surface area (Å²) in [6.07, 6.45) is 0. The van der Waals surface area contributed by atoms with E-state index in [2.05, 4.69) is 40.0 Å². The van der Waals surface area contributed by atoms with Crippen LogP contribution < -0.4 is 16.8 Å². The lowest BCUT2D eigenvalue weighted by molar-refractivity contribution is 0.103. The molecule has 170 valence electrons. The third-order valence-electron chi connectivity index (χ3n) is 6.19. The van der Waals surface area contributed by atoms with Gasteiger partial charge in [-0.15, -0.1) is 11.3 Å². The van der Waals surface area contributed by atoms with E-state index in [0.29, 0.717) is 32.0 Å². The second kappa shape index (κ2) is 8.04. The Bertz CT molecular complexity index is 1650. The molecule has 0 unspecified atom stereocenters. The predicted octanol–water partition coefficient (Wildman–Crippen LogP) is 5.84. The molecule has 7 nitrogen and oxygen atoms in total. The molecule has 0 atom stereocenters. The summed E-state index contributed by atoms with van der Waals surface area (Å²) in [5, 5.41) is 15.5. The first kappa shape index (κ1) is 21.7. The summed E-state index contributed by atoms with van der Waals surface area (Å²) in [7, 11) is 0. The number of nitrogen functional groups attached to an aromatic ring is 2. The molecule has 0 radical (unpaired) electrons. The number of hydrogen-bond donors (Lipinski definition) is 3. The summed E-state index contributed by atoms with van der Waals surface area (Å²) >= 11 is 1.19. The number of nitrogens with two attached hydrogens (primary N) is 2. The number of anilines is 3. The summed E-state index contributed by atoms with van der Waals surface area (Å²) < 4.78 is 2.26. The van der Waals surface area contributed by atoms with Crippen molar-refractivity contribution in [2.45, 2.75) is 33.2 Å². The average Bonchev–Trinajstić information content (AvgIpc) is 3.32. The number of nitriles is 1. The van der Waals surface area contributed by atoms with Gasteiger partial charge < -0.3 is 21.4 Å². The highest BCUT2D eigenvalue weighted by molar-refractivity contribution is 7.21. The van der Waals surface area contributed by atoms with Crippen LogP contribution in [0.3, 0.4) is 0 Å². The first-order valence-corrected chi connectivity index (χ1v) is 11.9. The second-order valence-corrected chi connectivity index (χ2v) is 9.52. The fourth-order valence-corrected chi connectivity index (χ4v) is 5.74. The molecule has 0 fully saturated rings. The van der Waals surface area contributed by atoms with E-state index in [1.807, 2.05) is 44.2 Å². The lowest BCUT2D eigenvalue weighted by Crippen LogP contribution is -2.12. The molecular weight excluding hydrogens is 444 g/mol. The van der Waals surface area contributed by atoms with Crippen molar-refractivity contribution in [3.8, 4) is 6.07 Å². The van der Waals surface area contributed by atoms with E-state index in [0.717, 1.165) is 33.9 Å². The minimum atomic E-state index is -0.314. The van der Waals surface area contributed by atoms with Crippen LogP contribution in [0.5, 0.6) is 0 Å². The zero-order valence-corrected chi connectivity index (χ0v) is 20.0. The number of nitrogens with zero attached hydrogens (tertiary/aromatic N) is 3. The number of carbonyl (C=O) groups excluding carboxylic acids is 1. The summed E-state index contributed by atoms with van der Waals surface area (Å²) in [5.74, 6) is -0.163. The molecular formula is C26H24N6OS. The van der Waals surface area contributed by atoms with Crippen molar-refractivity contribution >= 4 is 66.5 Å². The number of carbonyl (C=O) groups is 1. The van der Waals surface area contributed by atoms with Gasteiger partial charge in [-0.25, -0.2) is 4.98 Å². The van der Waals surface area contributed by atoms with E-state index < -0.39 is 0 Å². The van der Waals surface area contributed by atoms with Crippen molar-refractivity contribution in [1.82, 2.24) is 9.55 Å². The van der Waals surface area contributed by atoms with Crippen molar-refractivity contribution in [1.29, 1.82) is 5.26 Å². The van der Waals surface area contributed by atoms with Crippen molar-refractivity contribution in [3.05, 3.63) is 58.5 Å². The molecule has 5 rings (SSSR count). The highest BCUT2D eigenvalue weighted by Crippen LogP contribution is 2.41. The van der Waals surface area contributed by atoms with E-state index >= 15 is 0 Å². The van der Waals surface area contributed by atoms with Crippen molar-refractivity contribution < 1.29 is 4.79 Å². The molecule has 2 aromatic carbocycles. The molecule has 5 N–H and O–H groups in total. The summed E-state index contributed by atoms with van der Waals surface area (Å²) in [6, 6.07) is 16.3. The van der Waals surface area contributed by atoms with Gasteiger partial charge in [0.15, 0.2) is 0 Å². The van der Waals surface area contributed by atoms with Crippen LogP contribution in [0.1, 0.15) is 47.5 Å². The zero-order chi connectivity index (χ0) is 24.1. The standard InChI is InChI=1S/C26H24N6OS/c1-4-32-18-8-6-5-7-15(18)16-11-14(9-10-19(16)32)30-25(33)23-22(28)21-20(13(2)3)17(12-27)24(29)31-26(21)34-23/h5-11,13H,4,28H2,1-3H3,(H2,29,31)(H,30,33). The monoisotopic (exact) mass is 468 g/mol. The van der Waals surface area contributed by atoms with Crippen LogP contribution in [-0.2, 0) is 6.54 Å². The zero-order valence-electron chi connectivity index (χ0n) is 19.1. The maximum absolute atomic E-state index is 13.3. The Morgan fingerprint density at radius 1 is 1.18 bits per heavy atom. The summed E-state index contributed by atoms with van der Waals surface area (Å²) in [5.41, 5.74) is 16.8. The number of thiophene rings is 1. The minimum Gasteiger partial charge on any atom is -0.397 e. The number of pyridine rings is 1. The van der Waals surface area contributed by atoms with Crippen molar-refractivity contribution in [2.24, 2.45) is 0 Å². The molecule has 1 amide bonds. The lowest BCUT2D eigenvalue weighted by Gasteiger charge is -2.12. The Hall–Kier alpha value is -4.09. The maximum Gasteiger partial charge on any atom is 0.267 e. The van der Waals surface area contributed by atoms with Crippen LogP contribution in [0.4, 0.5) is 17.2 Å². The smallest absolute Gasteiger partial charge is 0.267 e. The van der Waals surface area contributed by atoms with Gasteiger partial charge >= 0.3 is 0 Å². The SMILES string of the molecule is CCn1c2ccccc2c2cc(NC(=O)c3sc4nc(N)c(C#N)c(C(C)C)c4c3N)ccc21. The molecule has 5 aromatic rings. The third-order valence-corrected chi connectivity index (χ3v) is 7.28. The molecule has 34 heavy (non-hydrogen) atoms. The van der Waals surface area contributed by atoms with Crippen LogP contribution >= 0.6 is 11.3 Å². The highest BCUT2D eigenvalue weighted by atomic mass is 32.1. The van der Waals surface area contributed by atoms with Gasteiger partial charge in [-0.1, -0.05) is 32.0 Å². The predicted molar refractivity (Wildman–Crippen MR) is 140 cm³/mol. The van der Waals surface area contributed by atoms with Gasteiger partial charge in [0.25, 0.3) is 5.91 Å². The number of aryl methyl sites for hydroxylation is 1. The lowest BCUT2D eigenvalue weighted by atomic mass is 9.95. The van der Waals surface area contributed by atoms with Crippen LogP contribution in [-0.4, -0.2) is 15.5 Å². The van der Waals surface area contributed by atoms with Gasteiger partial charge in [-0.3, -0.25) is 4.79 Å². The van der Waals surface area contributed by atoms with E-state index in [-0.39, 0.29) is 17.6 Å². The Labute approximate surface area is 200 Å². The average molecular weight is 469 g/mol. The van der Waals surface area contributed by atoms with E-state index in [9.17, 15) is 10.1 Å². The van der Waals surface area contributed by atoms with Crippen molar-refractivity contribution in [3.63, 3.8) is 0 Å². The number of amides is 1. The first-order valence-electron chi connectivity index (χ1n) is 11.1. The number of hydrogen-bond acceptors (Lipinski definition) is 6. The quantitative estimate of drug-likeness (QED) is 0.306. The number of aromatic nitrogens is 2. The normalized spacial score (nSPS) is 11.5.